The normalized spacial score (nSPS) is 30.0. The minimum absolute atomic E-state index is 0.249. The van der Waals surface area contributed by atoms with E-state index in [-0.39, 0.29) is 12.2 Å². The second-order valence-electron chi connectivity index (χ2n) is 15.8. The summed E-state index contributed by atoms with van der Waals surface area (Å²) in [6.07, 6.45) is 34.5. The van der Waals surface area contributed by atoms with Crippen molar-refractivity contribution >= 4 is 11.9 Å². The van der Waals surface area contributed by atoms with Crippen molar-refractivity contribution in [3.05, 3.63) is 0 Å². The lowest BCUT2D eigenvalue weighted by Gasteiger charge is -2.34. The fourth-order valence-electron chi connectivity index (χ4n) is 8.54. The fourth-order valence-corrected chi connectivity index (χ4v) is 8.54. The number of hydrogen-bond donors (Lipinski definition) is 2. The summed E-state index contributed by atoms with van der Waals surface area (Å²) in [5, 5.41) is 19.3. The molecule has 0 bridgehead atoms. The van der Waals surface area contributed by atoms with Crippen molar-refractivity contribution in [1.82, 2.24) is 0 Å². The smallest absolute Gasteiger partial charge is 0.309 e. The molecule has 0 radical (unpaired) electrons. The van der Waals surface area contributed by atoms with Crippen LogP contribution < -0.4 is 0 Å². The molecule has 0 amide bonds. The molecule has 2 saturated carbocycles. The lowest BCUT2D eigenvalue weighted by atomic mass is 9.68. The number of fused-ring (bicyclic) bond motifs is 2. The van der Waals surface area contributed by atoms with Crippen LogP contribution >= 0.6 is 0 Å². The summed E-state index contributed by atoms with van der Waals surface area (Å²) < 4.78 is 11.1. The van der Waals surface area contributed by atoms with Gasteiger partial charge in [-0.05, 0) is 57.3 Å². The molecule has 6 nitrogen and oxygen atoms in total. The minimum Gasteiger partial charge on any atom is -0.481 e. The van der Waals surface area contributed by atoms with E-state index in [4.69, 9.17) is 9.47 Å². The van der Waals surface area contributed by atoms with Gasteiger partial charge in [0.05, 0.1) is 35.2 Å². The number of epoxide rings is 2. The van der Waals surface area contributed by atoms with Crippen molar-refractivity contribution in [3.63, 3.8) is 0 Å². The predicted molar refractivity (Wildman–Crippen MR) is 187 cm³/mol. The van der Waals surface area contributed by atoms with Gasteiger partial charge < -0.3 is 19.7 Å². The summed E-state index contributed by atoms with van der Waals surface area (Å²) in [6, 6.07) is 0. The van der Waals surface area contributed by atoms with Gasteiger partial charge in [-0.1, -0.05) is 149 Å². The van der Waals surface area contributed by atoms with Gasteiger partial charge in [0.2, 0.25) is 0 Å². The zero-order chi connectivity index (χ0) is 33.3. The van der Waals surface area contributed by atoms with Crippen LogP contribution in [0.2, 0.25) is 0 Å². The molecule has 2 heterocycles. The zero-order valence-corrected chi connectivity index (χ0v) is 30.2. The summed E-state index contributed by atoms with van der Waals surface area (Å²) in [5.41, 5.74) is -0.972. The van der Waals surface area contributed by atoms with E-state index in [9.17, 15) is 19.8 Å². The maximum atomic E-state index is 11.8. The van der Waals surface area contributed by atoms with E-state index in [1.807, 2.05) is 0 Å². The van der Waals surface area contributed by atoms with Crippen LogP contribution in [0, 0.1) is 16.7 Å². The quantitative estimate of drug-likeness (QED) is 0.0754. The third-order valence-electron chi connectivity index (χ3n) is 12.0. The molecule has 2 saturated heterocycles. The van der Waals surface area contributed by atoms with Crippen LogP contribution in [0.3, 0.4) is 0 Å². The lowest BCUT2D eigenvalue weighted by Crippen LogP contribution is -2.37. The highest BCUT2D eigenvalue weighted by Crippen LogP contribution is 2.51. The van der Waals surface area contributed by atoms with Gasteiger partial charge in [-0.2, -0.15) is 0 Å². The Morgan fingerprint density at radius 3 is 1.41 bits per heavy atom. The van der Waals surface area contributed by atoms with Gasteiger partial charge in [0.25, 0.3) is 0 Å². The number of carboxylic acid groups (broad SMARTS) is 2. The van der Waals surface area contributed by atoms with Crippen LogP contribution in [0.5, 0.6) is 0 Å². The van der Waals surface area contributed by atoms with Gasteiger partial charge in [0, 0.05) is 0 Å². The molecule has 2 aliphatic carbocycles. The molecule has 7 atom stereocenters. The predicted octanol–water partition coefficient (Wildman–Crippen LogP) is 11.3. The van der Waals surface area contributed by atoms with Gasteiger partial charge in [-0.15, -0.1) is 0 Å². The first kappa shape index (κ1) is 39.3. The van der Waals surface area contributed by atoms with Gasteiger partial charge in [0.15, 0.2) is 0 Å². The Kier molecular flexibility index (Phi) is 18.0. The second kappa shape index (κ2) is 21.1. The van der Waals surface area contributed by atoms with Crippen molar-refractivity contribution in [2.24, 2.45) is 16.7 Å². The molecule has 0 aromatic heterocycles. The number of aliphatic carboxylic acids is 2. The highest BCUT2D eigenvalue weighted by Gasteiger charge is 2.55. The molecule has 268 valence electrons. The third kappa shape index (κ3) is 13.4. The molecule has 4 rings (SSSR count). The summed E-state index contributed by atoms with van der Waals surface area (Å²) in [4.78, 5) is 23.5. The SMILES string of the molecule is CCCCC(CC)CC1(C(=O)O)CCC2OC2C1.CCCCCCCCCCCCCCCCCCC1(C(=O)O)CCC2OC2C1. The van der Waals surface area contributed by atoms with Crippen molar-refractivity contribution < 1.29 is 29.3 Å². The Morgan fingerprint density at radius 2 is 1.00 bits per heavy atom. The van der Waals surface area contributed by atoms with Crippen molar-refractivity contribution in [3.8, 4) is 0 Å². The molecule has 0 aromatic carbocycles. The topological polar surface area (TPSA) is 99.7 Å². The summed E-state index contributed by atoms with van der Waals surface area (Å²) >= 11 is 0. The zero-order valence-electron chi connectivity index (χ0n) is 30.2. The highest BCUT2D eigenvalue weighted by atomic mass is 16.6. The van der Waals surface area contributed by atoms with E-state index in [1.54, 1.807) is 0 Å². The van der Waals surface area contributed by atoms with Crippen molar-refractivity contribution in [2.75, 3.05) is 0 Å². The van der Waals surface area contributed by atoms with Crippen molar-refractivity contribution in [2.45, 2.75) is 225 Å². The monoisotopic (exact) mass is 649 g/mol. The number of hydrogen-bond acceptors (Lipinski definition) is 4. The maximum absolute atomic E-state index is 11.8. The molecular weight excluding hydrogens is 576 g/mol. The first-order valence-corrected chi connectivity index (χ1v) is 20.1. The summed E-state index contributed by atoms with van der Waals surface area (Å²) in [6.45, 7) is 6.67. The van der Waals surface area contributed by atoms with E-state index < -0.39 is 22.8 Å². The van der Waals surface area contributed by atoms with Gasteiger partial charge in [-0.25, -0.2) is 0 Å². The Balaban J connectivity index is 0.000000275. The molecule has 7 unspecified atom stereocenters. The number of carbonyl (C=O) groups is 2. The fraction of sp³-hybridized carbons (Fsp3) is 0.950. The van der Waals surface area contributed by atoms with Gasteiger partial charge in [0.1, 0.15) is 0 Å². The standard InChI is InChI=1S/C25H46O3.C15H26O3/c1-2-3-4-5-6-7-8-9-10-11-12-13-14-15-16-17-19-25(24(26)27)20-18-22-23(21-25)28-22;1-3-5-6-11(4-2)9-15(14(16)17)8-7-12-13(10-15)18-12/h22-23H,2-21H2,1H3,(H,26,27);11-13H,3-10H2,1-2H3,(H,16,17). The Morgan fingerprint density at radius 1 is 0.587 bits per heavy atom. The molecule has 4 aliphatic rings. The second-order valence-corrected chi connectivity index (χ2v) is 15.8. The van der Waals surface area contributed by atoms with Crippen LogP contribution in [0.15, 0.2) is 0 Å². The van der Waals surface area contributed by atoms with Crippen molar-refractivity contribution in [1.29, 1.82) is 0 Å². The summed E-state index contributed by atoms with van der Waals surface area (Å²) in [5.74, 6) is -0.606. The minimum atomic E-state index is -0.591. The van der Waals surface area contributed by atoms with Gasteiger partial charge in [-0.3, -0.25) is 9.59 Å². The van der Waals surface area contributed by atoms with E-state index >= 15 is 0 Å². The number of unbranched alkanes of at least 4 members (excludes halogenated alkanes) is 16. The van der Waals surface area contributed by atoms with Crippen LogP contribution in [-0.4, -0.2) is 46.6 Å². The maximum Gasteiger partial charge on any atom is 0.309 e. The summed E-state index contributed by atoms with van der Waals surface area (Å²) in [7, 11) is 0. The molecule has 4 fully saturated rings. The highest BCUT2D eigenvalue weighted by molar-refractivity contribution is 5.75. The first-order chi connectivity index (χ1) is 22.3. The Bertz CT molecular complexity index is 861. The lowest BCUT2D eigenvalue weighted by molar-refractivity contribution is -0.152. The number of carboxylic acids is 2. The van der Waals surface area contributed by atoms with Crippen LogP contribution in [0.1, 0.15) is 201 Å². The Hall–Kier alpha value is -1.14. The molecule has 46 heavy (non-hydrogen) atoms. The first-order valence-electron chi connectivity index (χ1n) is 20.1. The van der Waals surface area contributed by atoms with E-state index in [2.05, 4.69) is 20.8 Å². The van der Waals surface area contributed by atoms with E-state index in [0.717, 1.165) is 64.2 Å². The number of rotatable bonds is 25. The molecule has 0 aromatic rings. The van der Waals surface area contributed by atoms with Gasteiger partial charge >= 0.3 is 11.9 Å². The van der Waals surface area contributed by atoms with Crippen LogP contribution in [0.25, 0.3) is 0 Å². The molecule has 2 aliphatic heterocycles. The molecule has 6 heteroatoms. The third-order valence-corrected chi connectivity index (χ3v) is 12.0. The number of ether oxygens (including phenoxy) is 2. The van der Waals surface area contributed by atoms with Crippen LogP contribution in [0.4, 0.5) is 0 Å². The van der Waals surface area contributed by atoms with E-state index in [0.29, 0.717) is 18.1 Å². The molecule has 2 N–H and O–H groups in total. The van der Waals surface area contributed by atoms with E-state index in [1.165, 1.54) is 116 Å². The molecule has 0 spiro atoms. The average molecular weight is 649 g/mol. The van der Waals surface area contributed by atoms with Crippen LogP contribution in [-0.2, 0) is 19.1 Å². The molecular formula is C40H72O6. The Labute approximate surface area is 282 Å². The largest absolute Gasteiger partial charge is 0.481 e. The average Bonchev–Trinajstić information content (AvgIpc) is 3.98.